The molecule has 0 bridgehead atoms. The highest BCUT2D eigenvalue weighted by molar-refractivity contribution is 8.00. The van der Waals surface area contributed by atoms with Gasteiger partial charge >= 0.3 is 0 Å². The van der Waals surface area contributed by atoms with Gasteiger partial charge in [-0.3, -0.25) is 9.59 Å². The Labute approximate surface area is 189 Å². The predicted octanol–water partition coefficient (Wildman–Crippen LogP) is 4.32. The van der Waals surface area contributed by atoms with Crippen molar-refractivity contribution in [3.05, 3.63) is 71.8 Å². The second-order valence-corrected chi connectivity index (χ2v) is 10.5. The van der Waals surface area contributed by atoms with E-state index in [2.05, 4.69) is 46.2 Å². The summed E-state index contributed by atoms with van der Waals surface area (Å²) in [4.78, 5) is 30.2. The van der Waals surface area contributed by atoms with E-state index in [4.69, 9.17) is 0 Å². The van der Waals surface area contributed by atoms with Gasteiger partial charge in [-0.1, -0.05) is 60.7 Å². The van der Waals surface area contributed by atoms with Crippen LogP contribution in [0.25, 0.3) is 0 Å². The van der Waals surface area contributed by atoms with Crippen LogP contribution in [-0.2, 0) is 16.0 Å². The molecule has 2 aromatic carbocycles. The first-order chi connectivity index (χ1) is 15.2. The molecule has 31 heavy (non-hydrogen) atoms. The maximum absolute atomic E-state index is 13.1. The van der Waals surface area contributed by atoms with Crippen LogP contribution < -0.4 is 0 Å². The standard InChI is InChI=1S/C26H30N2O2S/c29-24(12-11-20-7-3-1-4-8-20)28-17-18-31-26(28)13-15-27(16-14-26)25(30)23-19-22(23)21-9-5-2-6-10-21/h1-10,22-23H,11-19H2. The van der Waals surface area contributed by atoms with Crippen molar-refractivity contribution in [1.29, 1.82) is 0 Å². The molecule has 2 aromatic rings. The first-order valence-electron chi connectivity index (χ1n) is 11.5. The lowest BCUT2D eigenvalue weighted by atomic mass is 10.00. The van der Waals surface area contributed by atoms with E-state index in [0.29, 0.717) is 18.2 Å². The fraction of sp³-hybridized carbons (Fsp3) is 0.462. The van der Waals surface area contributed by atoms with E-state index >= 15 is 0 Å². The maximum atomic E-state index is 13.1. The molecular weight excluding hydrogens is 404 g/mol. The number of aryl methyl sites for hydroxylation is 1. The Morgan fingerprint density at radius 1 is 0.935 bits per heavy atom. The van der Waals surface area contributed by atoms with Crippen molar-refractivity contribution < 1.29 is 9.59 Å². The number of piperidine rings is 1. The van der Waals surface area contributed by atoms with Gasteiger partial charge in [0.25, 0.3) is 0 Å². The van der Waals surface area contributed by atoms with E-state index in [1.54, 1.807) is 0 Å². The van der Waals surface area contributed by atoms with Crippen molar-refractivity contribution in [2.75, 3.05) is 25.4 Å². The Hall–Kier alpha value is -2.27. The number of carbonyl (C=O) groups excluding carboxylic acids is 2. The van der Waals surface area contributed by atoms with Crippen molar-refractivity contribution in [2.24, 2.45) is 5.92 Å². The van der Waals surface area contributed by atoms with E-state index in [1.165, 1.54) is 11.1 Å². The van der Waals surface area contributed by atoms with Crippen LogP contribution in [0.4, 0.5) is 0 Å². The lowest BCUT2D eigenvalue weighted by Gasteiger charge is -2.44. The SMILES string of the molecule is O=C(C1CC1c1ccccc1)N1CCC2(CC1)SCCN2C(=O)CCc1ccccc1. The van der Waals surface area contributed by atoms with Crippen molar-refractivity contribution in [2.45, 2.75) is 42.9 Å². The van der Waals surface area contributed by atoms with Crippen LogP contribution in [0.2, 0.25) is 0 Å². The Bertz CT molecular complexity index is 925. The van der Waals surface area contributed by atoms with Crippen LogP contribution in [0.5, 0.6) is 0 Å². The number of nitrogens with zero attached hydrogens (tertiary/aromatic N) is 2. The normalized spacial score (nSPS) is 24.4. The zero-order chi connectivity index (χ0) is 21.3. The van der Waals surface area contributed by atoms with Crippen LogP contribution in [0, 0.1) is 5.92 Å². The summed E-state index contributed by atoms with van der Waals surface area (Å²) in [6, 6.07) is 20.7. The first kappa shape index (κ1) is 20.6. The van der Waals surface area contributed by atoms with E-state index in [1.807, 2.05) is 36.0 Å². The highest BCUT2D eigenvalue weighted by atomic mass is 32.2. The minimum Gasteiger partial charge on any atom is -0.342 e. The Morgan fingerprint density at radius 2 is 1.61 bits per heavy atom. The summed E-state index contributed by atoms with van der Waals surface area (Å²) in [5, 5.41) is 0. The summed E-state index contributed by atoms with van der Waals surface area (Å²) in [6.45, 7) is 2.38. The number of amides is 2. The van der Waals surface area contributed by atoms with E-state index < -0.39 is 0 Å². The Kier molecular flexibility index (Phi) is 5.79. The molecule has 3 fully saturated rings. The summed E-state index contributed by atoms with van der Waals surface area (Å²) in [5.74, 6) is 2.12. The molecule has 0 aromatic heterocycles. The van der Waals surface area contributed by atoms with Gasteiger partial charge in [0.2, 0.25) is 11.8 Å². The number of thioether (sulfide) groups is 1. The molecule has 4 nitrogen and oxygen atoms in total. The zero-order valence-corrected chi connectivity index (χ0v) is 18.7. The average Bonchev–Trinajstić information content (AvgIpc) is 3.53. The third kappa shape index (κ3) is 4.25. The van der Waals surface area contributed by atoms with Crippen LogP contribution >= 0.6 is 11.8 Å². The lowest BCUT2D eigenvalue weighted by molar-refractivity contribution is -0.137. The monoisotopic (exact) mass is 434 g/mol. The quantitative estimate of drug-likeness (QED) is 0.704. The number of hydrogen-bond donors (Lipinski definition) is 0. The number of rotatable bonds is 5. The third-order valence-electron chi connectivity index (χ3n) is 7.14. The average molecular weight is 435 g/mol. The Balaban J connectivity index is 1.16. The van der Waals surface area contributed by atoms with Crippen LogP contribution in [-0.4, -0.2) is 51.9 Å². The van der Waals surface area contributed by atoms with Crippen molar-refractivity contribution in [1.82, 2.24) is 9.80 Å². The van der Waals surface area contributed by atoms with Gasteiger partial charge in [-0.25, -0.2) is 0 Å². The highest BCUT2D eigenvalue weighted by Gasteiger charge is 2.50. The van der Waals surface area contributed by atoms with E-state index in [0.717, 1.165) is 51.1 Å². The molecule has 2 unspecified atom stereocenters. The van der Waals surface area contributed by atoms with Gasteiger partial charge in [-0.2, -0.15) is 0 Å². The fourth-order valence-corrected chi connectivity index (χ4v) is 6.73. The molecule has 1 saturated carbocycles. The largest absolute Gasteiger partial charge is 0.342 e. The molecule has 1 spiro atoms. The van der Waals surface area contributed by atoms with Crippen molar-refractivity contribution >= 4 is 23.6 Å². The predicted molar refractivity (Wildman–Crippen MR) is 125 cm³/mol. The lowest BCUT2D eigenvalue weighted by Crippen LogP contribution is -2.54. The smallest absolute Gasteiger partial charge is 0.226 e. The molecule has 2 atom stereocenters. The molecule has 0 N–H and O–H groups in total. The van der Waals surface area contributed by atoms with E-state index in [-0.39, 0.29) is 16.7 Å². The summed E-state index contributed by atoms with van der Waals surface area (Å²) in [7, 11) is 0. The molecule has 0 radical (unpaired) electrons. The summed E-state index contributed by atoms with van der Waals surface area (Å²) in [6.07, 6.45) is 4.12. The molecule has 5 rings (SSSR count). The topological polar surface area (TPSA) is 40.6 Å². The molecule has 162 valence electrons. The summed E-state index contributed by atoms with van der Waals surface area (Å²) in [5.41, 5.74) is 2.51. The van der Waals surface area contributed by atoms with Gasteiger partial charge in [-0.05, 0) is 42.7 Å². The van der Waals surface area contributed by atoms with Gasteiger partial charge in [0.1, 0.15) is 0 Å². The maximum Gasteiger partial charge on any atom is 0.226 e. The van der Waals surface area contributed by atoms with Crippen LogP contribution in [0.1, 0.15) is 42.7 Å². The third-order valence-corrected chi connectivity index (χ3v) is 8.69. The summed E-state index contributed by atoms with van der Waals surface area (Å²) < 4.78 is 0. The highest BCUT2D eigenvalue weighted by Crippen LogP contribution is 2.50. The van der Waals surface area contributed by atoms with Gasteiger partial charge in [-0.15, -0.1) is 11.8 Å². The Morgan fingerprint density at radius 3 is 2.32 bits per heavy atom. The van der Waals surface area contributed by atoms with Crippen LogP contribution in [0.15, 0.2) is 60.7 Å². The molecule has 2 aliphatic heterocycles. The van der Waals surface area contributed by atoms with Gasteiger partial charge < -0.3 is 9.80 Å². The molecule has 3 aliphatic rings. The van der Waals surface area contributed by atoms with Gasteiger partial charge in [0.05, 0.1) is 4.87 Å². The second kappa shape index (κ2) is 8.70. The second-order valence-electron chi connectivity index (χ2n) is 9.01. The first-order valence-corrected chi connectivity index (χ1v) is 12.5. The molecule has 2 amide bonds. The molecule has 5 heteroatoms. The zero-order valence-electron chi connectivity index (χ0n) is 17.9. The van der Waals surface area contributed by atoms with Gasteiger partial charge in [0.15, 0.2) is 0 Å². The number of benzene rings is 2. The van der Waals surface area contributed by atoms with Crippen LogP contribution in [0.3, 0.4) is 0 Å². The van der Waals surface area contributed by atoms with Crippen molar-refractivity contribution in [3.8, 4) is 0 Å². The van der Waals surface area contributed by atoms with Crippen molar-refractivity contribution in [3.63, 3.8) is 0 Å². The minimum atomic E-state index is -0.104. The molecular formula is C26H30N2O2S. The number of hydrogen-bond acceptors (Lipinski definition) is 3. The summed E-state index contributed by atoms with van der Waals surface area (Å²) >= 11 is 1.93. The fourth-order valence-electron chi connectivity index (χ4n) is 5.25. The molecule has 2 saturated heterocycles. The molecule has 2 heterocycles. The molecule has 1 aliphatic carbocycles. The van der Waals surface area contributed by atoms with E-state index in [9.17, 15) is 9.59 Å². The number of likely N-dealkylation sites (tertiary alicyclic amines) is 1. The number of carbonyl (C=O) groups is 2. The minimum absolute atomic E-state index is 0.104. The van der Waals surface area contributed by atoms with Gasteiger partial charge in [0, 0.05) is 37.7 Å².